The number of thiophene rings is 1. The first kappa shape index (κ1) is 19.6. The molecule has 0 fully saturated rings. The van der Waals surface area contributed by atoms with Crippen LogP contribution < -0.4 is 15.4 Å². The lowest BCUT2D eigenvalue weighted by molar-refractivity contribution is 0.0520. The topological polar surface area (TPSA) is 59.6 Å². The first-order chi connectivity index (χ1) is 11.8. The lowest BCUT2D eigenvalue weighted by atomic mass is 10.2. The Balaban J connectivity index is 1.73. The van der Waals surface area contributed by atoms with E-state index in [-0.39, 0.29) is 0 Å². The van der Waals surface area contributed by atoms with Crippen molar-refractivity contribution in [2.45, 2.75) is 32.9 Å². The molecule has 0 spiro atoms. The molecule has 7 heteroatoms. The number of ether oxygens (including phenoxy) is 2. The van der Waals surface area contributed by atoms with E-state index >= 15 is 0 Å². The molecule has 0 unspecified atom stereocenters. The van der Waals surface area contributed by atoms with Gasteiger partial charge in [-0.2, -0.15) is 0 Å². The minimum atomic E-state index is -0.497. The average Bonchev–Trinajstić information content (AvgIpc) is 2.94. The highest BCUT2D eigenvalue weighted by Gasteiger charge is 2.15. The molecular formula is C18H23BrN2O3S. The predicted molar refractivity (Wildman–Crippen MR) is 106 cm³/mol. The number of hydrogen-bond acceptors (Lipinski definition) is 5. The standard InChI is InChI=1S/C18H23BrN2O3S/c1-18(2,3)24-17(22)20-9-10-23-14-6-4-5-13(11-14)21-12-15-7-8-16(19)25-15/h4-8,11,21H,9-10,12H2,1-3H3,(H,20,22). The number of alkyl carbamates (subject to hydrolysis) is 1. The Kier molecular flexibility index (Phi) is 7.13. The Morgan fingerprint density at radius 2 is 2.04 bits per heavy atom. The number of halogens is 1. The molecule has 0 saturated heterocycles. The number of benzene rings is 1. The summed E-state index contributed by atoms with van der Waals surface area (Å²) in [6, 6.07) is 11.9. The van der Waals surface area contributed by atoms with Crippen LogP contribution in [0.1, 0.15) is 25.6 Å². The fraction of sp³-hybridized carbons (Fsp3) is 0.389. The lowest BCUT2D eigenvalue weighted by Gasteiger charge is -2.19. The SMILES string of the molecule is CC(C)(C)OC(=O)NCCOc1cccc(NCc2ccc(Br)s2)c1. The van der Waals surface area contributed by atoms with E-state index in [1.165, 1.54) is 4.88 Å². The van der Waals surface area contributed by atoms with E-state index in [9.17, 15) is 4.79 Å². The second-order valence-corrected chi connectivity index (χ2v) is 8.91. The second kappa shape index (κ2) is 9.10. The second-order valence-electron chi connectivity index (χ2n) is 6.36. The molecule has 1 aromatic heterocycles. The molecule has 0 aliphatic heterocycles. The van der Waals surface area contributed by atoms with E-state index in [1.807, 2.05) is 51.1 Å². The summed E-state index contributed by atoms with van der Waals surface area (Å²) >= 11 is 5.17. The van der Waals surface area contributed by atoms with Crippen LogP contribution in [0.15, 0.2) is 40.2 Å². The van der Waals surface area contributed by atoms with E-state index < -0.39 is 11.7 Å². The molecule has 25 heavy (non-hydrogen) atoms. The lowest BCUT2D eigenvalue weighted by Crippen LogP contribution is -2.34. The van der Waals surface area contributed by atoms with E-state index in [0.29, 0.717) is 13.2 Å². The smallest absolute Gasteiger partial charge is 0.407 e. The Hall–Kier alpha value is -1.73. The zero-order valence-electron chi connectivity index (χ0n) is 14.6. The number of anilines is 1. The van der Waals surface area contributed by atoms with Gasteiger partial charge in [-0.05, 0) is 61.0 Å². The first-order valence-electron chi connectivity index (χ1n) is 8.00. The van der Waals surface area contributed by atoms with Gasteiger partial charge in [0.25, 0.3) is 0 Å². The predicted octanol–water partition coefficient (Wildman–Crippen LogP) is 5.03. The average molecular weight is 427 g/mol. The molecule has 0 aliphatic rings. The fourth-order valence-electron chi connectivity index (χ4n) is 1.97. The Bertz CT molecular complexity index is 698. The van der Waals surface area contributed by atoms with Crippen molar-refractivity contribution >= 4 is 39.0 Å². The minimum absolute atomic E-state index is 0.376. The summed E-state index contributed by atoms with van der Waals surface area (Å²) in [5.41, 5.74) is 0.491. The van der Waals surface area contributed by atoms with E-state index in [0.717, 1.165) is 21.8 Å². The molecule has 0 aliphatic carbocycles. The van der Waals surface area contributed by atoms with Crippen LogP contribution in [0, 0.1) is 0 Å². The zero-order valence-corrected chi connectivity index (χ0v) is 17.0. The molecule has 2 rings (SSSR count). The maximum absolute atomic E-state index is 11.5. The molecule has 1 amide bonds. The Morgan fingerprint density at radius 3 is 2.72 bits per heavy atom. The Labute approximate surface area is 160 Å². The summed E-state index contributed by atoms with van der Waals surface area (Å²) in [6.07, 6.45) is -0.436. The number of carbonyl (C=O) groups is 1. The molecule has 0 radical (unpaired) electrons. The summed E-state index contributed by atoms with van der Waals surface area (Å²) < 4.78 is 12.0. The van der Waals surface area contributed by atoms with Crippen molar-refractivity contribution in [1.29, 1.82) is 0 Å². The maximum atomic E-state index is 11.5. The summed E-state index contributed by atoms with van der Waals surface area (Å²) in [5.74, 6) is 0.753. The third-order valence-electron chi connectivity index (χ3n) is 2.97. The van der Waals surface area contributed by atoms with Crippen molar-refractivity contribution in [1.82, 2.24) is 5.32 Å². The van der Waals surface area contributed by atoms with Crippen LogP contribution >= 0.6 is 27.3 Å². The van der Waals surface area contributed by atoms with Gasteiger partial charge in [-0.15, -0.1) is 11.3 Å². The first-order valence-corrected chi connectivity index (χ1v) is 9.60. The van der Waals surface area contributed by atoms with Gasteiger partial charge in [0.1, 0.15) is 18.0 Å². The third kappa shape index (κ3) is 7.79. The molecule has 136 valence electrons. The normalized spacial score (nSPS) is 11.0. The number of hydrogen-bond donors (Lipinski definition) is 2. The van der Waals surface area contributed by atoms with E-state index in [1.54, 1.807) is 11.3 Å². The maximum Gasteiger partial charge on any atom is 0.407 e. The Morgan fingerprint density at radius 1 is 1.24 bits per heavy atom. The van der Waals surface area contributed by atoms with Gasteiger partial charge >= 0.3 is 6.09 Å². The van der Waals surface area contributed by atoms with Crippen molar-refractivity contribution < 1.29 is 14.3 Å². The molecule has 0 bridgehead atoms. The molecule has 2 N–H and O–H groups in total. The van der Waals surface area contributed by atoms with Gasteiger partial charge in [-0.1, -0.05) is 6.07 Å². The quantitative estimate of drug-likeness (QED) is 0.609. The fourth-order valence-corrected chi connectivity index (χ4v) is 3.39. The van der Waals surface area contributed by atoms with Gasteiger partial charge in [0.2, 0.25) is 0 Å². The third-order valence-corrected chi connectivity index (χ3v) is 4.59. The molecular weight excluding hydrogens is 404 g/mol. The van der Waals surface area contributed by atoms with Crippen molar-refractivity contribution in [3.63, 3.8) is 0 Å². The zero-order chi connectivity index (χ0) is 18.3. The van der Waals surface area contributed by atoms with Crippen molar-refractivity contribution in [2.24, 2.45) is 0 Å². The van der Waals surface area contributed by atoms with Gasteiger partial charge in [0.15, 0.2) is 0 Å². The van der Waals surface area contributed by atoms with Crippen molar-refractivity contribution in [3.05, 3.63) is 45.1 Å². The molecule has 0 saturated carbocycles. The number of carbonyl (C=O) groups excluding carboxylic acids is 1. The largest absolute Gasteiger partial charge is 0.492 e. The van der Waals surface area contributed by atoms with E-state index in [2.05, 4.69) is 32.6 Å². The number of nitrogens with one attached hydrogen (secondary N) is 2. The monoisotopic (exact) mass is 426 g/mol. The van der Waals surface area contributed by atoms with Gasteiger partial charge in [0, 0.05) is 23.2 Å². The summed E-state index contributed by atoms with van der Waals surface area (Å²) in [7, 11) is 0. The summed E-state index contributed by atoms with van der Waals surface area (Å²) in [5, 5.41) is 6.04. The van der Waals surface area contributed by atoms with Crippen LogP contribution in [0.3, 0.4) is 0 Å². The highest BCUT2D eigenvalue weighted by Crippen LogP contribution is 2.24. The minimum Gasteiger partial charge on any atom is -0.492 e. The van der Waals surface area contributed by atoms with Crippen LogP contribution in [-0.2, 0) is 11.3 Å². The van der Waals surface area contributed by atoms with Gasteiger partial charge in [-0.25, -0.2) is 4.79 Å². The summed E-state index contributed by atoms with van der Waals surface area (Å²) in [4.78, 5) is 12.8. The van der Waals surface area contributed by atoms with Crippen LogP contribution in [0.5, 0.6) is 5.75 Å². The highest BCUT2D eigenvalue weighted by molar-refractivity contribution is 9.11. The van der Waals surface area contributed by atoms with Crippen molar-refractivity contribution in [2.75, 3.05) is 18.5 Å². The summed E-state index contributed by atoms with van der Waals surface area (Å²) in [6.45, 7) is 7.01. The molecule has 1 heterocycles. The van der Waals surface area contributed by atoms with E-state index in [4.69, 9.17) is 9.47 Å². The van der Waals surface area contributed by atoms with Gasteiger partial charge in [-0.3, -0.25) is 0 Å². The molecule has 2 aromatic rings. The molecule has 5 nitrogen and oxygen atoms in total. The number of amides is 1. The van der Waals surface area contributed by atoms with Crippen molar-refractivity contribution in [3.8, 4) is 5.75 Å². The van der Waals surface area contributed by atoms with Gasteiger partial charge < -0.3 is 20.1 Å². The van der Waals surface area contributed by atoms with Crippen LogP contribution in [0.4, 0.5) is 10.5 Å². The van der Waals surface area contributed by atoms with Crippen LogP contribution in [0.25, 0.3) is 0 Å². The highest BCUT2D eigenvalue weighted by atomic mass is 79.9. The molecule has 0 atom stereocenters. The molecule has 1 aromatic carbocycles. The van der Waals surface area contributed by atoms with Crippen LogP contribution in [0.2, 0.25) is 0 Å². The number of rotatable bonds is 7. The van der Waals surface area contributed by atoms with Crippen LogP contribution in [-0.4, -0.2) is 24.8 Å². The van der Waals surface area contributed by atoms with Gasteiger partial charge in [0.05, 0.1) is 10.3 Å².